The predicted molar refractivity (Wildman–Crippen MR) is 100 cm³/mol. The fourth-order valence-electron chi connectivity index (χ4n) is 4.09. The van der Waals surface area contributed by atoms with Crippen LogP contribution in [0.3, 0.4) is 0 Å². The van der Waals surface area contributed by atoms with Gasteiger partial charge < -0.3 is 16.4 Å². The monoisotopic (exact) mass is 343 g/mol. The van der Waals surface area contributed by atoms with Gasteiger partial charge in [-0.1, -0.05) is 26.8 Å². The zero-order valence-electron chi connectivity index (χ0n) is 15.6. The summed E-state index contributed by atoms with van der Waals surface area (Å²) >= 11 is 0. The Kier molecular flexibility index (Phi) is 4.62. The van der Waals surface area contributed by atoms with E-state index in [4.69, 9.17) is 5.73 Å². The van der Waals surface area contributed by atoms with E-state index in [2.05, 4.69) is 10.6 Å². The van der Waals surface area contributed by atoms with Gasteiger partial charge in [-0.15, -0.1) is 0 Å². The molecule has 0 aliphatic heterocycles. The van der Waals surface area contributed by atoms with Gasteiger partial charge in [-0.05, 0) is 55.7 Å². The van der Waals surface area contributed by atoms with Gasteiger partial charge in [0.15, 0.2) is 0 Å². The van der Waals surface area contributed by atoms with E-state index in [0.29, 0.717) is 17.5 Å². The Bertz CT molecular complexity index is 691. The van der Waals surface area contributed by atoms with Gasteiger partial charge in [0, 0.05) is 22.8 Å². The summed E-state index contributed by atoms with van der Waals surface area (Å²) in [4.78, 5) is 25.0. The van der Waals surface area contributed by atoms with Gasteiger partial charge in [0.05, 0.1) is 5.92 Å². The summed E-state index contributed by atoms with van der Waals surface area (Å²) in [7, 11) is 0. The number of nitrogens with one attached hydrogen (secondary N) is 2. The van der Waals surface area contributed by atoms with Crippen molar-refractivity contribution < 1.29 is 9.59 Å². The molecule has 3 rings (SSSR count). The second kappa shape index (κ2) is 6.45. The molecule has 0 radical (unpaired) electrons. The molecule has 2 aliphatic rings. The quantitative estimate of drug-likeness (QED) is 0.787. The van der Waals surface area contributed by atoms with Gasteiger partial charge >= 0.3 is 0 Å². The van der Waals surface area contributed by atoms with Crippen molar-refractivity contribution in [3.8, 4) is 0 Å². The van der Waals surface area contributed by atoms with Crippen molar-refractivity contribution in [2.24, 2.45) is 28.9 Å². The third-order valence-electron chi connectivity index (χ3n) is 5.72. The Labute approximate surface area is 149 Å². The first-order chi connectivity index (χ1) is 11.7. The summed E-state index contributed by atoms with van der Waals surface area (Å²) in [6, 6.07) is 5.59. The van der Waals surface area contributed by atoms with Gasteiger partial charge in [-0.3, -0.25) is 9.59 Å². The Morgan fingerprint density at radius 3 is 2.40 bits per heavy atom. The summed E-state index contributed by atoms with van der Waals surface area (Å²) in [5.74, 6) is 0.796. The number of hydrogen-bond acceptors (Lipinski definition) is 3. The lowest BCUT2D eigenvalue weighted by molar-refractivity contribution is -0.123. The van der Waals surface area contributed by atoms with Crippen LogP contribution in [0.2, 0.25) is 0 Å². The van der Waals surface area contributed by atoms with Crippen LogP contribution in [0.4, 0.5) is 11.4 Å². The van der Waals surface area contributed by atoms with Crippen molar-refractivity contribution in [3.05, 3.63) is 23.8 Å². The van der Waals surface area contributed by atoms with Crippen molar-refractivity contribution in [1.82, 2.24) is 0 Å². The Balaban J connectivity index is 1.72. The summed E-state index contributed by atoms with van der Waals surface area (Å²) in [5, 5.41) is 5.96. The average molecular weight is 343 g/mol. The lowest BCUT2D eigenvalue weighted by Crippen LogP contribution is -2.42. The van der Waals surface area contributed by atoms with Crippen molar-refractivity contribution in [2.45, 2.75) is 53.0 Å². The number of carbonyl (C=O) groups excluding carboxylic acids is 2. The van der Waals surface area contributed by atoms with E-state index in [0.717, 1.165) is 30.5 Å². The normalized spacial score (nSPS) is 28.0. The largest absolute Gasteiger partial charge is 0.327 e. The number of amides is 2. The zero-order valence-corrected chi connectivity index (χ0v) is 15.6. The number of aryl methyl sites for hydroxylation is 1. The van der Waals surface area contributed by atoms with Gasteiger partial charge in [-0.2, -0.15) is 0 Å². The number of hydrogen-bond donors (Lipinski definition) is 3. The molecule has 2 bridgehead atoms. The highest BCUT2D eigenvalue weighted by Gasteiger charge is 2.49. The highest BCUT2D eigenvalue weighted by Crippen LogP contribution is 2.48. The minimum Gasteiger partial charge on any atom is -0.327 e. The average Bonchev–Trinajstić information content (AvgIpc) is 3.10. The molecule has 0 saturated heterocycles. The molecule has 136 valence electrons. The molecule has 2 saturated carbocycles. The molecule has 2 aliphatic carbocycles. The van der Waals surface area contributed by atoms with E-state index >= 15 is 0 Å². The van der Waals surface area contributed by atoms with Crippen LogP contribution in [-0.4, -0.2) is 17.9 Å². The third-order valence-corrected chi connectivity index (χ3v) is 5.72. The topological polar surface area (TPSA) is 84.2 Å². The lowest BCUT2D eigenvalue weighted by atomic mass is 9.84. The Hall–Kier alpha value is -1.88. The molecule has 5 heteroatoms. The molecule has 0 aromatic heterocycles. The van der Waals surface area contributed by atoms with E-state index in [9.17, 15) is 9.59 Å². The number of anilines is 2. The van der Waals surface area contributed by atoms with Crippen LogP contribution in [0.1, 0.15) is 45.6 Å². The van der Waals surface area contributed by atoms with Crippen molar-refractivity contribution in [1.29, 1.82) is 0 Å². The number of benzene rings is 1. The summed E-state index contributed by atoms with van der Waals surface area (Å²) < 4.78 is 0. The molecule has 4 N–H and O–H groups in total. The summed E-state index contributed by atoms with van der Waals surface area (Å²) in [6.07, 6.45) is 3.35. The first-order valence-electron chi connectivity index (χ1n) is 9.15. The number of rotatable bonds is 3. The minimum absolute atomic E-state index is 0.0108. The molecule has 0 spiro atoms. The maximum atomic E-state index is 12.7. The van der Waals surface area contributed by atoms with E-state index in [-0.39, 0.29) is 23.8 Å². The molecule has 4 unspecified atom stereocenters. The van der Waals surface area contributed by atoms with Crippen molar-refractivity contribution in [2.75, 3.05) is 10.6 Å². The maximum absolute atomic E-state index is 12.7. The Morgan fingerprint density at radius 1 is 1.12 bits per heavy atom. The standard InChI is InChI=1S/C20H29N3O2/c1-11-5-8-14(10-15(11)23-19(25)20(2,3)4)22-18(24)16-12-6-7-13(9-12)17(16)21/h5,8,10,12-13,16-17H,6-7,9,21H2,1-4H3,(H,22,24)(H,23,25). The van der Waals surface area contributed by atoms with Crippen LogP contribution in [0.25, 0.3) is 0 Å². The molecule has 2 fully saturated rings. The molecule has 2 amide bonds. The minimum atomic E-state index is -0.471. The fraction of sp³-hybridized carbons (Fsp3) is 0.600. The SMILES string of the molecule is Cc1ccc(NC(=O)C2C3CCC(C3)C2N)cc1NC(=O)C(C)(C)C. The molecule has 25 heavy (non-hydrogen) atoms. The van der Waals surface area contributed by atoms with E-state index in [1.165, 1.54) is 0 Å². The maximum Gasteiger partial charge on any atom is 0.229 e. The smallest absolute Gasteiger partial charge is 0.229 e. The Morgan fingerprint density at radius 2 is 1.80 bits per heavy atom. The number of fused-ring (bicyclic) bond motifs is 2. The summed E-state index contributed by atoms with van der Waals surface area (Å²) in [5.41, 5.74) is 8.20. The van der Waals surface area contributed by atoms with Crippen LogP contribution >= 0.6 is 0 Å². The number of nitrogens with two attached hydrogens (primary N) is 1. The van der Waals surface area contributed by atoms with E-state index in [1.807, 2.05) is 45.9 Å². The molecular formula is C20H29N3O2. The molecule has 4 atom stereocenters. The van der Waals surface area contributed by atoms with Gasteiger partial charge in [0.1, 0.15) is 0 Å². The second-order valence-electron chi connectivity index (χ2n) is 8.66. The van der Waals surface area contributed by atoms with Crippen LogP contribution in [0.5, 0.6) is 0 Å². The first kappa shape index (κ1) is 17.9. The van der Waals surface area contributed by atoms with Crippen LogP contribution in [0, 0.1) is 30.1 Å². The molecule has 1 aromatic carbocycles. The van der Waals surface area contributed by atoms with Gasteiger partial charge in [0.25, 0.3) is 0 Å². The molecular weight excluding hydrogens is 314 g/mol. The third kappa shape index (κ3) is 3.56. The predicted octanol–water partition coefficient (Wildman–Crippen LogP) is 3.29. The molecule has 1 aromatic rings. The van der Waals surface area contributed by atoms with Crippen LogP contribution in [-0.2, 0) is 9.59 Å². The fourth-order valence-corrected chi connectivity index (χ4v) is 4.09. The molecule has 0 heterocycles. The van der Waals surface area contributed by atoms with Crippen molar-refractivity contribution >= 4 is 23.2 Å². The van der Waals surface area contributed by atoms with Crippen molar-refractivity contribution in [3.63, 3.8) is 0 Å². The van der Waals surface area contributed by atoms with E-state index in [1.54, 1.807) is 0 Å². The second-order valence-corrected chi connectivity index (χ2v) is 8.66. The van der Waals surface area contributed by atoms with Gasteiger partial charge in [-0.25, -0.2) is 0 Å². The lowest BCUT2D eigenvalue weighted by Gasteiger charge is -2.27. The van der Waals surface area contributed by atoms with Crippen LogP contribution < -0.4 is 16.4 Å². The molecule has 5 nitrogen and oxygen atoms in total. The highest BCUT2D eigenvalue weighted by molar-refractivity contribution is 5.97. The van der Waals surface area contributed by atoms with Crippen LogP contribution in [0.15, 0.2) is 18.2 Å². The van der Waals surface area contributed by atoms with E-state index < -0.39 is 5.41 Å². The van der Waals surface area contributed by atoms with Gasteiger partial charge in [0.2, 0.25) is 11.8 Å². The zero-order chi connectivity index (χ0) is 18.4. The summed E-state index contributed by atoms with van der Waals surface area (Å²) in [6.45, 7) is 7.56. The first-order valence-corrected chi connectivity index (χ1v) is 9.15. The highest BCUT2D eigenvalue weighted by atomic mass is 16.2. The number of carbonyl (C=O) groups is 2.